The molecule has 0 atom stereocenters. The second kappa shape index (κ2) is 16.7. The van der Waals surface area contributed by atoms with E-state index in [1.165, 1.54) is 19.1 Å². The molecule has 3 aromatic heterocycles. The largest absolute Gasteiger partial charge is 0.461 e. The molecule has 9 rings (SSSR count). The first kappa shape index (κ1) is 40.3. The van der Waals surface area contributed by atoms with Crippen molar-refractivity contribution in [2.45, 2.75) is 84.2 Å². The Balaban J connectivity index is 1.07. The molecule has 2 saturated heterocycles. The molecule has 2 fully saturated rings. The zero-order valence-electron chi connectivity index (χ0n) is 35.0. The van der Waals surface area contributed by atoms with Gasteiger partial charge in [0.25, 0.3) is 5.91 Å². The molecular weight excluding hydrogens is 782 g/mol. The number of amides is 1. The number of anilines is 4. The van der Waals surface area contributed by atoms with Crippen LogP contribution in [-0.4, -0.2) is 108 Å². The zero-order valence-corrected chi connectivity index (χ0v) is 36.0. The highest BCUT2D eigenvalue weighted by molar-refractivity contribution is 6.76. The van der Waals surface area contributed by atoms with E-state index in [9.17, 15) is 9.59 Å². The van der Waals surface area contributed by atoms with E-state index in [0.29, 0.717) is 65.0 Å². The second-order valence-corrected chi connectivity index (χ2v) is 23.2. The van der Waals surface area contributed by atoms with Crippen molar-refractivity contribution in [1.29, 1.82) is 0 Å². The average molecular weight is 836 g/mol. The Bertz CT molecular complexity index is 2400. The van der Waals surface area contributed by atoms with E-state index in [1.807, 2.05) is 22.8 Å². The van der Waals surface area contributed by atoms with Gasteiger partial charge in [0.05, 0.1) is 36.8 Å². The van der Waals surface area contributed by atoms with Crippen molar-refractivity contribution in [2.24, 2.45) is 0 Å². The van der Waals surface area contributed by atoms with Crippen molar-refractivity contribution < 1.29 is 28.2 Å². The van der Waals surface area contributed by atoms with Gasteiger partial charge in [-0.25, -0.2) is 19.3 Å². The summed E-state index contributed by atoms with van der Waals surface area (Å²) in [6.07, 6.45) is 5.40. The van der Waals surface area contributed by atoms with Crippen LogP contribution in [0.2, 0.25) is 25.7 Å². The number of piperazine rings is 1. The first-order valence-corrected chi connectivity index (χ1v) is 24.9. The predicted octanol–water partition coefficient (Wildman–Crippen LogP) is 6.61. The standard InChI is InChI=1S/C44H54FN9O5Si/c1-29(55)59-26-37-35(21-30(45)22-39(37)54-14-12-38-36(44(54)56)23-33-7-5-6-13-53(33)38)41-48-42(40-43(49-41)52(27-46-40)28-57-19-20-60(2,3)4)47-31-8-10-32(11-9-31)50-15-17-51(18-16-50)34-24-58-25-34/h8-11,21-23,27,34H,5-7,12-20,24-26,28H2,1-4H3,(H,47,48,49). The third-order valence-electron chi connectivity index (χ3n) is 12.2. The van der Waals surface area contributed by atoms with Gasteiger partial charge in [0.2, 0.25) is 0 Å². The van der Waals surface area contributed by atoms with Gasteiger partial charge in [0.1, 0.15) is 19.2 Å². The molecule has 2 aromatic carbocycles. The van der Waals surface area contributed by atoms with Crippen LogP contribution in [0.4, 0.5) is 27.3 Å². The molecule has 14 nitrogen and oxygen atoms in total. The van der Waals surface area contributed by atoms with Gasteiger partial charge in [-0.1, -0.05) is 19.6 Å². The van der Waals surface area contributed by atoms with Gasteiger partial charge >= 0.3 is 5.97 Å². The van der Waals surface area contributed by atoms with Gasteiger partial charge in [0, 0.05) is 101 Å². The molecule has 4 aliphatic rings. The summed E-state index contributed by atoms with van der Waals surface area (Å²) in [5, 5.41) is 3.48. The van der Waals surface area contributed by atoms with Gasteiger partial charge in [0.15, 0.2) is 22.8 Å². The van der Waals surface area contributed by atoms with Gasteiger partial charge in [-0.15, -0.1) is 0 Å². The number of carbonyl (C=O) groups excluding carboxylic acids is 2. The van der Waals surface area contributed by atoms with E-state index < -0.39 is 19.9 Å². The molecule has 1 amide bonds. The molecule has 0 unspecified atom stereocenters. The number of halogens is 1. The van der Waals surface area contributed by atoms with E-state index in [0.717, 1.165) is 94.0 Å². The number of carbonyl (C=O) groups is 2. The van der Waals surface area contributed by atoms with Crippen molar-refractivity contribution in [1.82, 2.24) is 29.0 Å². The molecule has 5 aromatic rings. The SMILES string of the molecule is CC(=O)OCc1c(-c2nc(Nc3ccc(N4CCN(C5COC5)CC4)cc3)c3ncn(COCC[Si](C)(C)C)c3n2)cc(F)cc1N1CCc2c(cc3n2CCCC3)C1=O. The normalized spacial score (nSPS) is 17.4. The monoisotopic (exact) mass is 835 g/mol. The zero-order chi connectivity index (χ0) is 41.5. The Kier molecular flexibility index (Phi) is 11.2. The molecule has 60 heavy (non-hydrogen) atoms. The Labute approximate surface area is 350 Å². The van der Waals surface area contributed by atoms with Crippen molar-refractivity contribution >= 4 is 54.0 Å². The highest BCUT2D eigenvalue weighted by Gasteiger charge is 2.34. The molecular formula is C44H54FN9O5Si. The van der Waals surface area contributed by atoms with Crippen LogP contribution >= 0.6 is 0 Å². The number of ether oxygens (including phenoxy) is 3. The van der Waals surface area contributed by atoms with Gasteiger partial charge in [-0.3, -0.25) is 19.1 Å². The van der Waals surface area contributed by atoms with Crippen LogP contribution < -0.4 is 15.1 Å². The number of nitrogens with one attached hydrogen (secondary N) is 1. The van der Waals surface area contributed by atoms with Crippen LogP contribution in [0.1, 0.15) is 47.1 Å². The molecule has 0 spiro atoms. The van der Waals surface area contributed by atoms with Crippen LogP contribution in [0.3, 0.4) is 0 Å². The fraction of sp³-hybridized carbons (Fsp3) is 0.477. The Morgan fingerprint density at radius 1 is 0.967 bits per heavy atom. The molecule has 0 radical (unpaired) electrons. The number of benzene rings is 2. The lowest BCUT2D eigenvalue weighted by molar-refractivity contribution is -0.142. The average Bonchev–Trinajstić information content (AvgIpc) is 3.80. The lowest BCUT2D eigenvalue weighted by Crippen LogP contribution is -2.56. The smallest absolute Gasteiger partial charge is 0.302 e. The van der Waals surface area contributed by atoms with Crippen molar-refractivity contribution in [2.75, 3.05) is 67.7 Å². The maximum Gasteiger partial charge on any atom is 0.302 e. The fourth-order valence-electron chi connectivity index (χ4n) is 8.71. The summed E-state index contributed by atoms with van der Waals surface area (Å²) in [6, 6.07) is 14.5. The molecule has 4 aliphatic heterocycles. The van der Waals surface area contributed by atoms with Crippen LogP contribution in [0.25, 0.3) is 22.6 Å². The number of rotatable bonds is 13. The fourth-order valence-corrected chi connectivity index (χ4v) is 9.46. The summed E-state index contributed by atoms with van der Waals surface area (Å²) in [7, 11) is -1.33. The van der Waals surface area contributed by atoms with E-state index in [2.05, 4.69) is 51.5 Å². The molecule has 0 saturated carbocycles. The third-order valence-corrected chi connectivity index (χ3v) is 13.9. The molecule has 0 bridgehead atoms. The molecule has 0 aliphatic carbocycles. The minimum absolute atomic E-state index is 0.188. The summed E-state index contributed by atoms with van der Waals surface area (Å²) < 4.78 is 37.3. The molecule has 7 heterocycles. The summed E-state index contributed by atoms with van der Waals surface area (Å²) in [5.74, 6) is -0.673. The number of imidazole rings is 1. The number of nitrogens with zero attached hydrogens (tertiary/aromatic N) is 8. The van der Waals surface area contributed by atoms with Gasteiger partial charge in [-0.2, -0.15) is 0 Å². The number of hydrogen-bond donors (Lipinski definition) is 1. The quantitative estimate of drug-likeness (QED) is 0.0781. The van der Waals surface area contributed by atoms with Crippen molar-refractivity contribution in [3.8, 4) is 11.4 Å². The summed E-state index contributed by atoms with van der Waals surface area (Å²) >= 11 is 0. The minimum atomic E-state index is -1.33. The van der Waals surface area contributed by atoms with Gasteiger partial charge < -0.3 is 33.9 Å². The summed E-state index contributed by atoms with van der Waals surface area (Å²) in [4.78, 5) is 47.9. The van der Waals surface area contributed by atoms with Crippen LogP contribution in [-0.2, 0) is 51.7 Å². The molecule has 16 heteroatoms. The van der Waals surface area contributed by atoms with Crippen molar-refractivity contribution in [3.63, 3.8) is 0 Å². The number of aromatic nitrogens is 5. The van der Waals surface area contributed by atoms with E-state index in [4.69, 9.17) is 29.2 Å². The Morgan fingerprint density at radius 2 is 1.77 bits per heavy atom. The van der Waals surface area contributed by atoms with Gasteiger partial charge in [-0.05, 0) is 67.8 Å². The highest BCUT2D eigenvalue weighted by atomic mass is 28.3. The topological polar surface area (TPSA) is 132 Å². The number of aryl methyl sites for hydroxylation is 1. The Morgan fingerprint density at radius 3 is 2.50 bits per heavy atom. The second-order valence-electron chi connectivity index (χ2n) is 17.6. The first-order valence-electron chi connectivity index (χ1n) is 21.2. The van der Waals surface area contributed by atoms with E-state index in [-0.39, 0.29) is 25.1 Å². The number of hydrogen-bond acceptors (Lipinski definition) is 11. The molecule has 1 N–H and O–H groups in total. The first-order chi connectivity index (χ1) is 29.0. The van der Waals surface area contributed by atoms with E-state index in [1.54, 1.807) is 11.2 Å². The number of fused-ring (bicyclic) bond motifs is 4. The third kappa shape index (κ3) is 8.29. The van der Waals surface area contributed by atoms with Crippen LogP contribution in [0, 0.1) is 5.82 Å². The Hall–Kier alpha value is -5.16. The maximum atomic E-state index is 16.0. The van der Waals surface area contributed by atoms with Crippen LogP contribution in [0.5, 0.6) is 0 Å². The lowest BCUT2D eigenvalue weighted by atomic mass is 10.00. The van der Waals surface area contributed by atoms with Crippen molar-refractivity contribution in [3.05, 3.63) is 77.1 Å². The van der Waals surface area contributed by atoms with Crippen LogP contribution in [0.15, 0.2) is 48.8 Å². The summed E-state index contributed by atoms with van der Waals surface area (Å²) in [5.41, 5.74) is 6.84. The summed E-state index contributed by atoms with van der Waals surface area (Å²) in [6.45, 7) is 15.6. The minimum Gasteiger partial charge on any atom is -0.461 e. The highest BCUT2D eigenvalue weighted by Crippen LogP contribution is 2.38. The maximum absolute atomic E-state index is 16.0. The molecule has 316 valence electrons. The van der Waals surface area contributed by atoms with E-state index >= 15 is 4.39 Å². The predicted molar refractivity (Wildman–Crippen MR) is 231 cm³/mol. The lowest BCUT2D eigenvalue weighted by Gasteiger charge is -2.43. The number of esters is 1.